The molecule has 26 heavy (non-hydrogen) atoms. The van der Waals surface area contributed by atoms with Gasteiger partial charge in [-0.2, -0.15) is 0 Å². The van der Waals surface area contributed by atoms with Crippen LogP contribution >= 0.6 is 22.7 Å². The summed E-state index contributed by atoms with van der Waals surface area (Å²) in [6, 6.07) is 7.14. The zero-order valence-electron chi connectivity index (χ0n) is 14.6. The van der Waals surface area contributed by atoms with Crippen LogP contribution in [0.15, 0.2) is 29.6 Å². The van der Waals surface area contributed by atoms with Gasteiger partial charge in [-0.1, -0.05) is 0 Å². The minimum atomic E-state index is -0.167. The Kier molecular flexibility index (Phi) is 4.74. The van der Waals surface area contributed by atoms with E-state index in [0.29, 0.717) is 23.2 Å². The molecule has 0 aliphatic heterocycles. The second-order valence-corrected chi connectivity index (χ2v) is 8.51. The van der Waals surface area contributed by atoms with Crippen LogP contribution in [0.5, 0.6) is 5.75 Å². The van der Waals surface area contributed by atoms with Crippen LogP contribution in [0.3, 0.4) is 0 Å². The van der Waals surface area contributed by atoms with E-state index in [4.69, 9.17) is 4.74 Å². The van der Waals surface area contributed by atoms with Crippen LogP contribution in [-0.4, -0.2) is 15.9 Å². The molecular formula is C19H19N3O2S2. The number of carbonyl (C=O) groups excluding carboxylic acids is 1. The van der Waals surface area contributed by atoms with Crippen LogP contribution in [0.1, 0.15) is 50.4 Å². The highest BCUT2D eigenvalue weighted by atomic mass is 32.1. The van der Waals surface area contributed by atoms with E-state index >= 15 is 0 Å². The van der Waals surface area contributed by atoms with Gasteiger partial charge in [0.05, 0.1) is 11.4 Å². The summed E-state index contributed by atoms with van der Waals surface area (Å²) in [5, 5.41) is 6.58. The maximum absolute atomic E-state index is 12.3. The van der Waals surface area contributed by atoms with E-state index in [1.807, 2.05) is 26.0 Å². The first-order valence-corrected chi connectivity index (χ1v) is 10.2. The Labute approximate surface area is 160 Å². The van der Waals surface area contributed by atoms with E-state index in [-0.39, 0.29) is 5.91 Å². The molecule has 2 heterocycles. The molecule has 0 atom stereocenters. The Bertz CT molecular complexity index is 907. The fraction of sp³-hybridized carbons (Fsp3) is 0.316. The zero-order valence-corrected chi connectivity index (χ0v) is 16.2. The van der Waals surface area contributed by atoms with Gasteiger partial charge in [-0.15, -0.1) is 22.7 Å². The minimum Gasteiger partial charge on any atom is -0.486 e. The maximum Gasteiger partial charge on any atom is 0.257 e. The lowest BCUT2D eigenvalue weighted by atomic mass is 10.2. The predicted molar refractivity (Wildman–Crippen MR) is 104 cm³/mol. The average Bonchev–Trinajstić information content (AvgIpc) is 3.29. The summed E-state index contributed by atoms with van der Waals surface area (Å²) in [5.41, 5.74) is 2.72. The number of ether oxygens (including phenoxy) is 1. The summed E-state index contributed by atoms with van der Waals surface area (Å²) >= 11 is 3.12. The number of nitrogens with one attached hydrogen (secondary N) is 1. The molecule has 1 aromatic carbocycles. The molecule has 134 valence electrons. The standard InChI is InChI=1S/C19H19N3O2S2/c1-11-12(2)26-19(20-11)22-18(23)14-5-7-15(8-6-14)24-9-17-21-16(10-25-17)13-3-4-13/h5-8,10,13H,3-4,9H2,1-2H3,(H,20,22,23). The van der Waals surface area contributed by atoms with Crippen molar-refractivity contribution in [3.63, 3.8) is 0 Å². The number of hydrogen-bond acceptors (Lipinski definition) is 6. The van der Waals surface area contributed by atoms with Gasteiger partial charge < -0.3 is 4.74 Å². The molecule has 0 bridgehead atoms. The fourth-order valence-corrected chi connectivity index (χ4v) is 4.10. The number of aryl methyl sites for hydroxylation is 2. The zero-order chi connectivity index (χ0) is 18.1. The number of thiazole rings is 2. The minimum absolute atomic E-state index is 0.167. The van der Waals surface area contributed by atoms with Crippen LogP contribution in [0.2, 0.25) is 0 Å². The van der Waals surface area contributed by atoms with Crippen molar-refractivity contribution in [3.05, 3.63) is 56.5 Å². The first kappa shape index (κ1) is 17.2. The van der Waals surface area contributed by atoms with E-state index < -0.39 is 0 Å². The molecule has 2 aromatic heterocycles. The number of carbonyl (C=O) groups is 1. The Balaban J connectivity index is 1.34. The molecule has 1 aliphatic carbocycles. The summed E-state index contributed by atoms with van der Waals surface area (Å²) in [6.45, 7) is 4.38. The molecule has 1 fully saturated rings. The number of hydrogen-bond donors (Lipinski definition) is 1. The Hall–Kier alpha value is -2.25. The Morgan fingerprint density at radius 1 is 1.23 bits per heavy atom. The van der Waals surface area contributed by atoms with Gasteiger partial charge in [-0.05, 0) is 51.0 Å². The quantitative estimate of drug-likeness (QED) is 0.654. The monoisotopic (exact) mass is 385 g/mol. The van der Waals surface area contributed by atoms with Crippen LogP contribution in [0.4, 0.5) is 5.13 Å². The topological polar surface area (TPSA) is 64.1 Å². The maximum atomic E-state index is 12.3. The molecule has 0 saturated heterocycles. The molecule has 0 unspecified atom stereocenters. The van der Waals surface area contributed by atoms with Gasteiger partial charge in [0.15, 0.2) is 5.13 Å². The van der Waals surface area contributed by atoms with E-state index in [1.54, 1.807) is 23.5 Å². The van der Waals surface area contributed by atoms with Crippen molar-refractivity contribution < 1.29 is 9.53 Å². The summed E-state index contributed by atoms with van der Waals surface area (Å²) in [4.78, 5) is 22.4. The molecule has 1 N–H and O–H groups in total. The third-order valence-corrected chi connectivity index (χ3v) is 6.12. The number of nitrogens with zero attached hydrogens (tertiary/aromatic N) is 2. The Morgan fingerprint density at radius 3 is 2.65 bits per heavy atom. The van der Waals surface area contributed by atoms with Crippen molar-refractivity contribution in [2.45, 2.75) is 39.2 Å². The van der Waals surface area contributed by atoms with Gasteiger partial charge in [0.2, 0.25) is 0 Å². The molecule has 7 heteroatoms. The van der Waals surface area contributed by atoms with Gasteiger partial charge in [0.25, 0.3) is 5.91 Å². The lowest BCUT2D eigenvalue weighted by molar-refractivity contribution is 0.102. The number of anilines is 1. The third kappa shape index (κ3) is 3.94. The number of rotatable bonds is 6. The van der Waals surface area contributed by atoms with Crippen molar-refractivity contribution in [2.75, 3.05) is 5.32 Å². The van der Waals surface area contributed by atoms with Crippen LogP contribution in [0, 0.1) is 13.8 Å². The largest absolute Gasteiger partial charge is 0.486 e. The summed E-state index contributed by atoms with van der Waals surface area (Å²) < 4.78 is 5.78. The van der Waals surface area contributed by atoms with E-state index in [1.165, 1.54) is 29.9 Å². The molecule has 5 nitrogen and oxygen atoms in total. The highest BCUT2D eigenvalue weighted by molar-refractivity contribution is 7.15. The smallest absolute Gasteiger partial charge is 0.257 e. The van der Waals surface area contributed by atoms with Gasteiger partial charge in [-0.25, -0.2) is 9.97 Å². The van der Waals surface area contributed by atoms with E-state index in [2.05, 4.69) is 20.7 Å². The van der Waals surface area contributed by atoms with Gasteiger partial charge in [-0.3, -0.25) is 10.1 Å². The first-order chi connectivity index (χ1) is 12.6. The fourth-order valence-electron chi connectivity index (χ4n) is 2.50. The molecule has 1 amide bonds. The van der Waals surface area contributed by atoms with Crippen molar-refractivity contribution in [1.82, 2.24) is 9.97 Å². The second-order valence-electron chi connectivity index (χ2n) is 6.37. The molecular weight excluding hydrogens is 366 g/mol. The molecule has 1 saturated carbocycles. The summed E-state index contributed by atoms with van der Waals surface area (Å²) in [5.74, 6) is 1.23. The van der Waals surface area contributed by atoms with Crippen molar-refractivity contribution >= 4 is 33.7 Å². The van der Waals surface area contributed by atoms with E-state index in [0.717, 1.165) is 21.3 Å². The molecule has 0 spiro atoms. The lowest BCUT2D eigenvalue weighted by Gasteiger charge is -2.06. The van der Waals surface area contributed by atoms with Crippen LogP contribution < -0.4 is 10.1 Å². The van der Waals surface area contributed by atoms with Gasteiger partial charge >= 0.3 is 0 Å². The van der Waals surface area contributed by atoms with Gasteiger partial charge in [0.1, 0.15) is 17.4 Å². The summed E-state index contributed by atoms with van der Waals surface area (Å²) in [7, 11) is 0. The average molecular weight is 386 g/mol. The molecule has 1 aliphatic rings. The number of benzene rings is 1. The van der Waals surface area contributed by atoms with Gasteiger partial charge in [0, 0.05) is 21.7 Å². The highest BCUT2D eigenvalue weighted by Crippen LogP contribution is 2.40. The van der Waals surface area contributed by atoms with Crippen LogP contribution in [0.25, 0.3) is 0 Å². The van der Waals surface area contributed by atoms with Crippen molar-refractivity contribution in [3.8, 4) is 5.75 Å². The van der Waals surface area contributed by atoms with Crippen molar-refractivity contribution in [1.29, 1.82) is 0 Å². The SMILES string of the molecule is Cc1nc(NC(=O)c2ccc(OCc3nc(C4CC4)cs3)cc2)sc1C. The second kappa shape index (κ2) is 7.17. The number of amides is 1. The summed E-state index contributed by atoms with van der Waals surface area (Å²) in [6.07, 6.45) is 2.52. The lowest BCUT2D eigenvalue weighted by Crippen LogP contribution is -2.11. The molecule has 0 radical (unpaired) electrons. The molecule has 3 aromatic rings. The van der Waals surface area contributed by atoms with Crippen LogP contribution in [-0.2, 0) is 6.61 Å². The number of aromatic nitrogens is 2. The first-order valence-electron chi connectivity index (χ1n) is 8.51. The Morgan fingerprint density at radius 2 is 2.00 bits per heavy atom. The third-order valence-electron chi connectivity index (χ3n) is 4.29. The highest BCUT2D eigenvalue weighted by Gasteiger charge is 2.26. The predicted octanol–water partition coefficient (Wildman–Crippen LogP) is 4.93. The molecule has 4 rings (SSSR count). The van der Waals surface area contributed by atoms with E-state index in [9.17, 15) is 4.79 Å². The normalized spacial score (nSPS) is 13.6. The van der Waals surface area contributed by atoms with Crippen molar-refractivity contribution in [2.24, 2.45) is 0 Å².